The number of hydrogen-bond acceptors (Lipinski definition) is 4. The van der Waals surface area contributed by atoms with Gasteiger partial charge in [0.25, 0.3) is 0 Å². The zero-order valence-corrected chi connectivity index (χ0v) is 12.9. The molecule has 3 rings (SSSR count). The third-order valence-corrected chi connectivity index (χ3v) is 4.94. The van der Waals surface area contributed by atoms with Crippen molar-refractivity contribution in [2.45, 2.75) is 38.2 Å². The maximum atomic E-state index is 5.98. The SMILES string of the molecule is C(COC1CCNCC1)CN1CCN(CC2CC2)CC1. The van der Waals surface area contributed by atoms with E-state index >= 15 is 0 Å². The van der Waals surface area contributed by atoms with Gasteiger partial charge in [-0.25, -0.2) is 0 Å². The van der Waals surface area contributed by atoms with E-state index in [0.717, 1.165) is 25.6 Å². The number of piperidine rings is 1. The van der Waals surface area contributed by atoms with Crippen LogP contribution in [0.4, 0.5) is 0 Å². The van der Waals surface area contributed by atoms with Crippen molar-refractivity contribution >= 4 is 0 Å². The van der Waals surface area contributed by atoms with Gasteiger partial charge < -0.3 is 19.9 Å². The van der Waals surface area contributed by atoms with Gasteiger partial charge >= 0.3 is 0 Å². The van der Waals surface area contributed by atoms with Crippen molar-refractivity contribution in [1.82, 2.24) is 15.1 Å². The van der Waals surface area contributed by atoms with Gasteiger partial charge in [-0.2, -0.15) is 0 Å². The summed E-state index contributed by atoms with van der Waals surface area (Å²) in [5.41, 5.74) is 0. The van der Waals surface area contributed by atoms with E-state index in [9.17, 15) is 0 Å². The van der Waals surface area contributed by atoms with Gasteiger partial charge in [0.05, 0.1) is 6.10 Å². The van der Waals surface area contributed by atoms with Crippen LogP contribution in [0.25, 0.3) is 0 Å². The first-order chi connectivity index (χ1) is 9.90. The molecule has 3 fully saturated rings. The highest BCUT2D eigenvalue weighted by Gasteiger charge is 2.26. The predicted molar refractivity (Wildman–Crippen MR) is 82.1 cm³/mol. The number of piperazine rings is 1. The quantitative estimate of drug-likeness (QED) is 0.709. The highest BCUT2D eigenvalue weighted by atomic mass is 16.5. The molecule has 0 aromatic heterocycles. The third kappa shape index (κ3) is 4.99. The fraction of sp³-hybridized carbons (Fsp3) is 1.00. The van der Waals surface area contributed by atoms with Crippen molar-refractivity contribution in [3.05, 3.63) is 0 Å². The van der Waals surface area contributed by atoms with Crippen LogP contribution in [0.15, 0.2) is 0 Å². The fourth-order valence-corrected chi connectivity index (χ4v) is 3.36. The second-order valence-corrected chi connectivity index (χ2v) is 6.76. The van der Waals surface area contributed by atoms with E-state index in [1.165, 1.54) is 71.4 Å². The summed E-state index contributed by atoms with van der Waals surface area (Å²) < 4.78 is 5.98. The summed E-state index contributed by atoms with van der Waals surface area (Å²) in [5.74, 6) is 1.04. The Morgan fingerprint density at radius 1 is 0.900 bits per heavy atom. The molecule has 0 amide bonds. The van der Waals surface area contributed by atoms with Gasteiger partial charge in [0.15, 0.2) is 0 Å². The Kier molecular flexibility index (Phi) is 5.71. The molecule has 2 aliphatic heterocycles. The maximum Gasteiger partial charge on any atom is 0.0599 e. The molecule has 0 bridgehead atoms. The molecule has 0 atom stereocenters. The first-order valence-corrected chi connectivity index (χ1v) is 8.67. The number of ether oxygens (including phenoxy) is 1. The van der Waals surface area contributed by atoms with Crippen molar-refractivity contribution in [3.8, 4) is 0 Å². The molecule has 0 aromatic carbocycles. The van der Waals surface area contributed by atoms with Gasteiger partial charge in [0.1, 0.15) is 0 Å². The van der Waals surface area contributed by atoms with Crippen molar-refractivity contribution in [3.63, 3.8) is 0 Å². The van der Waals surface area contributed by atoms with Crippen LogP contribution in [0.5, 0.6) is 0 Å². The largest absolute Gasteiger partial charge is 0.378 e. The van der Waals surface area contributed by atoms with Crippen LogP contribution in [0.3, 0.4) is 0 Å². The normalized spacial score (nSPS) is 27.0. The Labute approximate surface area is 123 Å². The number of nitrogens with one attached hydrogen (secondary N) is 1. The van der Waals surface area contributed by atoms with Crippen molar-refractivity contribution in [2.75, 3.05) is 59.0 Å². The molecule has 2 heterocycles. The van der Waals surface area contributed by atoms with E-state index in [2.05, 4.69) is 15.1 Å². The maximum absolute atomic E-state index is 5.98. The summed E-state index contributed by atoms with van der Waals surface area (Å²) in [6.07, 6.45) is 7.07. The third-order valence-electron chi connectivity index (χ3n) is 4.94. The molecular weight excluding hydrogens is 250 g/mol. The van der Waals surface area contributed by atoms with Crippen molar-refractivity contribution in [1.29, 1.82) is 0 Å². The van der Waals surface area contributed by atoms with Crippen LogP contribution in [0.2, 0.25) is 0 Å². The van der Waals surface area contributed by atoms with Crippen LogP contribution >= 0.6 is 0 Å². The number of nitrogens with zero attached hydrogens (tertiary/aromatic N) is 2. The minimum absolute atomic E-state index is 0.520. The minimum atomic E-state index is 0.520. The zero-order valence-electron chi connectivity index (χ0n) is 12.9. The predicted octanol–water partition coefficient (Wildman–Crippen LogP) is 1.17. The summed E-state index contributed by atoms with van der Waals surface area (Å²) in [6.45, 7) is 10.9. The van der Waals surface area contributed by atoms with Crippen LogP contribution in [0.1, 0.15) is 32.1 Å². The molecule has 0 radical (unpaired) electrons. The highest BCUT2D eigenvalue weighted by molar-refractivity contribution is 4.80. The lowest BCUT2D eigenvalue weighted by Gasteiger charge is -2.34. The van der Waals surface area contributed by atoms with Gasteiger partial charge in [-0.1, -0.05) is 0 Å². The average Bonchev–Trinajstić information content (AvgIpc) is 3.30. The molecule has 1 N–H and O–H groups in total. The Balaban J connectivity index is 1.20. The molecular formula is C16H31N3O. The lowest BCUT2D eigenvalue weighted by molar-refractivity contribution is 0.0251. The van der Waals surface area contributed by atoms with Crippen molar-refractivity contribution in [2.24, 2.45) is 5.92 Å². The lowest BCUT2D eigenvalue weighted by Crippen LogP contribution is -2.47. The van der Waals surface area contributed by atoms with E-state index in [1.807, 2.05) is 0 Å². The number of rotatable bonds is 7. The molecule has 1 saturated carbocycles. The standard InChI is InChI=1S/C16H31N3O/c1(13-20-16-4-6-17-7-5-16)8-18-9-11-19(12-10-18)14-15-2-3-15/h15-17H,1-14H2. The summed E-state index contributed by atoms with van der Waals surface area (Å²) in [6, 6.07) is 0. The Hall–Kier alpha value is -0.160. The first-order valence-electron chi connectivity index (χ1n) is 8.67. The van der Waals surface area contributed by atoms with Crippen LogP contribution in [-0.2, 0) is 4.74 Å². The number of hydrogen-bond donors (Lipinski definition) is 1. The molecule has 4 heteroatoms. The van der Waals surface area contributed by atoms with E-state index in [4.69, 9.17) is 4.74 Å². The molecule has 116 valence electrons. The van der Waals surface area contributed by atoms with E-state index in [-0.39, 0.29) is 0 Å². The molecule has 1 aliphatic carbocycles. The molecule has 0 spiro atoms. The Morgan fingerprint density at radius 2 is 1.60 bits per heavy atom. The second kappa shape index (κ2) is 7.74. The fourth-order valence-electron chi connectivity index (χ4n) is 3.36. The Morgan fingerprint density at radius 3 is 2.30 bits per heavy atom. The molecule has 0 unspecified atom stereocenters. The van der Waals surface area contributed by atoms with E-state index < -0.39 is 0 Å². The van der Waals surface area contributed by atoms with Gasteiger partial charge in [-0.15, -0.1) is 0 Å². The molecule has 2 saturated heterocycles. The Bertz CT molecular complexity index is 269. The van der Waals surface area contributed by atoms with Gasteiger partial charge in [0, 0.05) is 45.9 Å². The topological polar surface area (TPSA) is 27.7 Å². The van der Waals surface area contributed by atoms with Gasteiger partial charge in [-0.05, 0) is 51.1 Å². The average molecular weight is 281 g/mol. The lowest BCUT2D eigenvalue weighted by atomic mass is 10.1. The van der Waals surface area contributed by atoms with Crippen LogP contribution < -0.4 is 5.32 Å². The van der Waals surface area contributed by atoms with Gasteiger partial charge in [-0.3, -0.25) is 0 Å². The van der Waals surface area contributed by atoms with Crippen LogP contribution in [-0.4, -0.2) is 74.9 Å². The second-order valence-electron chi connectivity index (χ2n) is 6.76. The highest BCUT2D eigenvalue weighted by Crippen LogP contribution is 2.29. The molecule has 20 heavy (non-hydrogen) atoms. The van der Waals surface area contributed by atoms with E-state index in [1.54, 1.807) is 0 Å². The molecule has 4 nitrogen and oxygen atoms in total. The van der Waals surface area contributed by atoms with Gasteiger partial charge in [0.2, 0.25) is 0 Å². The van der Waals surface area contributed by atoms with Crippen LogP contribution in [0, 0.1) is 5.92 Å². The minimum Gasteiger partial charge on any atom is -0.378 e. The zero-order chi connectivity index (χ0) is 13.6. The monoisotopic (exact) mass is 281 g/mol. The van der Waals surface area contributed by atoms with E-state index in [0.29, 0.717) is 6.10 Å². The molecule has 3 aliphatic rings. The smallest absolute Gasteiger partial charge is 0.0599 e. The summed E-state index contributed by atoms with van der Waals surface area (Å²) in [4.78, 5) is 5.29. The summed E-state index contributed by atoms with van der Waals surface area (Å²) >= 11 is 0. The summed E-state index contributed by atoms with van der Waals surface area (Å²) in [7, 11) is 0. The van der Waals surface area contributed by atoms with Crippen molar-refractivity contribution < 1.29 is 4.74 Å². The summed E-state index contributed by atoms with van der Waals surface area (Å²) in [5, 5.41) is 3.39. The molecule has 0 aromatic rings. The first kappa shape index (κ1) is 14.8.